The minimum absolute atomic E-state index is 0.339. The van der Waals surface area contributed by atoms with Crippen LogP contribution in [0.25, 0.3) is 0 Å². The number of hydrogen-bond donors (Lipinski definition) is 0. The van der Waals surface area contributed by atoms with Crippen molar-refractivity contribution in [1.29, 1.82) is 0 Å². The molecule has 1 spiro atoms. The van der Waals surface area contributed by atoms with Crippen LogP contribution in [-0.4, -0.2) is 5.78 Å². The number of rotatable bonds is 5. The molecule has 4 unspecified atom stereocenters. The standard InChI is InChI=1S/C19H15O2.C5H5.Fe/c20-19(16-8-4-5-9-16)17-10-12-18(13-11-17)21-14-15-6-2-1-3-7-15;1-2-4-5-3-1;/h1-13H,14H2;1-5H;. The first-order valence-electron chi connectivity index (χ1n) is 10.5. The van der Waals surface area contributed by atoms with Crippen LogP contribution >= 0.6 is 0 Å². The number of hydrogen-bond acceptors (Lipinski definition) is 2. The molecule has 12 rings (SSSR count). The van der Waals surface area contributed by atoms with Gasteiger partial charge in [0.2, 0.25) is 0 Å². The molecule has 27 heavy (non-hydrogen) atoms. The van der Waals surface area contributed by atoms with Crippen molar-refractivity contribution in [3.8, 4) is 5.75 Å². The summed E-state index contributed by atoms with van der Waals surface area (Å²) in [5, 5.41) is 0. The van der Waals surface area contributed by atoms with Gasteiger partial charge in [0.25, 0.3) is 0 Å². The summed E-state index contributed by atoms with van der Waals surface area (Å²) in [6.45, 7) is -2.73. The predicted octanol–water partition coefficient (Wildman–Crippen LogP) is 6.21. The van der Waals surface area contributed by atoms with Crippen molar-refractivity contribution in [3.63, 3.8) is 0 Å². The van der Waals surface area contributed by atoms with Gasteiger partial charge in [-0.15, -0.1) is 0 Å². The fourth-order valence-corrected chi connectivity index (χ4v) is 92.3. The molecule has 10 saturated heterocycles. The van der Waals surface area contributed by atoms with Crippen molar-refractivity contribution in [3.05, 3.63) is 65.7 Å². The van der Waals surface area contributed by atoms with Crippen molar-refractivity contribution in [2.45, 2.75) is 54.3 Å². The Balaban J connectivity index is 0.961. The van der Waals surface area contributed by atoms with E-state index in [1.165, 1.54) is 39.3 Å². The average molecular weight is 396 g/mol. The maximum atomic E-state index is 13.9. The number of benzene rings is 2. The summed E-state index contributed by atoms with van der Waals surface area (Å²) in [5.74, 6) is 1.50. The van der Waals surface area contributed by atoms with Gasteiger partial charge in [0.15, 0.2) is 0 Å². The molecule has 0 amide bonds. The van der Waals surface area contributed by atoms with E-state index >= 15 is 0 Å². The Morgan fingerprint density at radius 2 is 1.41 bits per heavy atom. The molecule has 2 aromatic rings. The van der Waals surface area contributed by atoms with Crippen molar-refractivity contribution >= 4 is 5.78 Å². The van der Waals surface area contributed by atoms with E-state index in [0.717, 1.165) is 20.9 Å². The molecule has 0 N–H and O–H groups in total. The Labute approximate surface area is 147 Å². The first-order chi connectivity index (χ1) is 13.0. The Kier molecular flexibility index (Phi) is 0.575. The van der Waals surface area contributed by atoms with Crippen LogP contribution < -0.4 is 4.74 Å². The van der Waals surface area contributed by atoms with Crippen molar-refractivity contribution in [2.24, 2.45) is 0 Å². The Morgan fingerprint density at radius 3 is 1.89 bits per heavy atom. The van der Waals surface area contributed by atoms with E-state index in [1.54, 1.807) is 0 Å². The molecular formula is C24H20FeO2. The topological polar surface area (TPSA) is 26.3 Å². The molecule has 10 aliphatic heterocycles. The summed E-state index contributed by atoms with van der Waals surface area (Å²) >= 11 is 0. The number of Topliss-reactive ketones (excluding diaryl/α,β-unsaturated/α-hetero) is 1. The summed E-state index contributed by atoms with van der Waals surface area (Å²) in [4.78, 5) is 24.5. The van der Waals surface area contributed by atoms with Crippen molar-refractivity contribution in [1.82, 2.24) is 0 Å². The van der Waals surface area contributed by atoms with Gasteiger partial charge >= 0.3 is 148 Å². The van der Waals surface area contributed by atoms with Crippen LogP contribution in [0, 0.1) is 0 Å². The molecule has 2 aromatic carbocycles. The van der Waals surface area contributed by atoms with Gasteiger partial charge < -0.3 is 0 Å². The van der Waals surface area contributed by atoms with Gasteiger partial charge in [0.05, 0.1) is 0 Å². The molecule has 136 valence electrons. The van der Waals surface area contributed by atoms with Gasteiger partial charge in [-0.25, -0.2) is 0 Å². The second kappa shape index (κ2) is 1.36. The summed E-state index contributed by atoms with van der Waals surface area (Å²) in [6.07, 6.45) is 0. The fourth-order valence-electron chi connectivity index (χ4n) is 18.5. The van der Waals surface area contributed by atoms with Crippen molar-refractivity contribution in [2.75, 3.05) is 0 Å². The van der Waals surface area contributed by atoms with E-state index in [1.807, 2.05) is 30.3 Å². The summed E-state index contributed by atoms with van der Waals surface area (Å²) < 4.78 is 6.27. The normalized spacial score (nSPS) is 78.9. The van der Waals surface area contributed by atoms with E-state index in [9.17, 15) is 4.79 Å². The molecule has 4 atom stereocenters. The predicted molar refractivity (Wildman–Crippen MR) is 98.0 cm³/mol. The molecule has 10 heterocycles. The molecular weight excluding hydrogens is 376 g/mol. The number of carbonyl (C=O) groups is 1. The Morgan fingerprint density at radius 1 is 0.815 bits per heavy atom. The number of ether oxygens (including phenoxy) is 1. The molecule has 0 bridgehead atoms. The van der Waals surface area contributed by atoms with Gasteiger partial charge in [-0.3, -0.25) is 0 Å². The fraction of sp³-hybridized carbons (Fsp3) is 0.458. The molecule has 2 nitrogen and oxygen atoms in total. The zero-order chi connectivity index (χ0) is 17.1. The maximum absolute atomic E-state index is 13.9. The van der Waals surface area contributed by atoms with E-state index < -0.39 is 6.51 Å². The van der Waals surface area contributed by atoms with Crippen LogP contribution in [-0.2, 0) is 13.1 Å². The third-order valence-corrected chi connectivity index (χ3v) is 59.7. The second-order valence-electron chi connectivity index (χ2n) is 13.3. The second-order valence-corrected chi connectivity index (χ2v) is 36.9. The average Bonchev–Trinajstić information content (AvgIpc) is 3.66. The van der Waals surface area contributed by atoms with Crippen LogP contribution in [0.5, 0.6) is 5.75 Å². The zero-order valence-electron chi connectivity index (χ0n) is 14.8. The quantitative estimate of drug-likeness (QED) is 0.444. The molecule has 0 aromatic heterocycles. The molecule has 10 fully saturated rings. The number of fused-ring (bicyclic) bond motifs is 10. The Hall–Kier alpha value is -1.57. The third-order valence-electron chi connectivity index (χ3n) is 17.4. The monoisotopic (exact) mass is 396 g/mol. The number of carbonyl (C=O) groups excluding carboxylic acids is 1. The first-order valence-corrected chi connectivity index (χ1v) is 16.8. The molecule has 0 aliphatic carbocycles. The van der Waals surface area contributed by atoms with Crippen LogP contribution in [0.2, 0.25) is 47.7 Å². The summed E-state index contributed by atoms with van der Waals surface area (Å²) in [7, 11) is 0. The molecule has 10 aliphatic rings. The molecule has 3 heteroatoms. The van der Waals surface area contributed by atoms with E-state index in [2.05, 4.69) is 24.3 Å². The third kappa shape index (κ3) is 0.206. The Bertz CT molecular complexity index is 1480. The van der Waals surface area contributed by atoms with Crippen molar-refractivity contribution < 1.29 is 16.0 Å². The first kappa shape index (κ1) is 11.4. The van der Waals surface area contributed by atoms with E-state index in [-0.39, 0.29) is 0 Å². The van der Waals surface area contributed by atoms with Gasteiger partial charge in [-0.1, -0.05) is 0 Å². The van der Waals surface area contributed by atoms with E-state index in [4.69, 9.17) is 4.74 Å². The van der Waals surface area contributed by atoms with Gasteiger partial charge in [-0.2, -0.15) is 0 Å². The van der Waals surface area contributed by atoms with E-state index in [0.29, 0.717) is 16.7 Å². The number of ketones is 1. The minimum atomic E-state index is -3.32. The summed E-state index contributed by atoms with van der Waals surface area (Å²) in [6, 6.07) is 18.5. The van der Waals surface area contributed by atoms with Crippen LogP contribution in [0.15, 0.2) is 54.6 Å². The van der Waals surface area contributed by atoms with Crippen LogP contribution in [0.1, 0.15) is 15.9 Å². The van der Waals surface area contributed by atoms with Gasteiger partial charge in [-0.05, 0) is 0 Å². The zero-order valence-corrected chi connectivity index (χ0v) is 15.9. The summed E-state index contributed by atoms with van der Waals surface area (Å²) in [5.41, 5.74) is 2.19. The molecule has 0 saturated carbocycles. The van der Waals surface area contributed by atoms with Crippen LogP contribution in [0.3, 0.4) is 0 Å². The van der Waals surface area contributed by atoms with Crippen LogP contribution in [0.4, 0.5) is 0 Å². The molecule has 0 radical (unpaired) electrons. The van der Waals surface area contributed by atoms with Gasteiger partial charge in [0, 0.05) is 0 Å². The SMILES string of the molecule is O=C(c1ccc(OCc2ccccc2)cc1)[C]12[CH]3[CH]4[CH]5[CH]1[Fe]45321678[CH]2[CH]1[CH]6[CH]7[CH]28. The van der Waals surface area contributed by atoms with Gasteiger partial charge in [0.1, 0.15) is 0 Å².